The van der Waals surface area contributed by atoms with Crippen LogP contribution in [0.15, 0.2) is 29.4 Å². The zero-order chi connectivity index (χ0) is 13.2. The van der Waals surface area contributed by atoms with Gasteiger partial charge in [-0.1, -0.05) is 29.4 Å². The molecule has 5 nitrogen and oxygen atoms in total. The fraction of sp³-hybridized carbons (Fsp3) is 0.462. The first kappa shape index (κ1) is 12.9. The van der Waals surface area contributed by atoms with Crippen LogP contribution >= 0.6 is 0 Å². The molecule has 18 heavy (non-hydrogen) atoms. The van der Waals surface area contributed by atoms with Crippen LogP contribution in [0, 0.1) is 0 Å². The van der Waals surface area contributed by atoms with Crippen molar-refractivity contribution in [2.45, 2.75) is 25.5 Å². The van der Waals surface area contributed by atoms with E-state index in [-0.39, 0.29) is 5.84 Å². The fourth-order valence-electron chi connectivity index (χ4n) is 2.38. The molecule has 1 atom stereocenters. The number of nitrogens with zero attached hydrogens (tertiary/aromatic N) is 2. The van der Waals surface area contributed by atoms with Crippen molar-refractivity contribution in [3.63, 3.8) is 0 Å². The van der Waals surface area contributed by atoms with Crippen LogP contribution in [0.2, 0.25) is 0 Å². The summed E-state index contributed by atoms with van der Waals surface area (Å²) in [6.45, 7) is 4.06. The lowest BCUT2D eigenvalue weighted by Crippen LogP contribution is -2.30. The maximum absolute atomic E-state index is 9.94. The molecule has 5 heteroatoms. The molecule has 1 aromatic rings. The molecule has 1 aliphatic rings. The number of benzene rings is 1. The van der Waals surface area contributed by atoms with Crippen LogP contribution in [0.1, 0.15) is 24.5 Å². The number of aliphatic hydroxyl groups is 1. The minimum Gasteiger partial charge on any atom is -0.409 e. The number of rotatable bonds is 3. The maximum Gasteiger partial charge on any atom is 0.170 e. The van der Waals surface area contributed by atoms with E-state index in [2.05, 4.69) is 10.1 Å². The summed E-state index contributed by atoms with van der Waals surface area (Å²) in [4.78, 5) is 2.17. The standard InChI is InChI=1S/C13H19N3O2/c1-13(17)6-7-16(9-13)8-10-4-2-3-5-11(10)12(14)15-18/h2-5,17-18H,6-9H2,1H3,(H2,14,15). The number of oxime groups is 1. The minimum atomic E-state index is -0.606. The lowest BCUT2D eigenvalue weighted by molar-refractivity contribution is 0.0679. The van der Waals surface area contributed by atoms with E-state index in [4.69, 9.17) is 10.9 Å². The zero-order valence-corrected chi connectivity index (χ0v) is 10.5. The highest BCUT2D eigenvalue weighted by atomic mass is 16.4. The lowest BCUT2D eigenvalue weighted by Gasteiger charge is -2.20. The molecule has 4 N–H and O–H groups in total. The molecule has 1 aromatic carbocycles. The second-order valence-electron chi connectivity index (χ2n) is 5.10. The topological polar surface area (TPSA) is 82.1 Å². The van der Waals surface area contributed by atoms with Gasteiger partial charge in [-0.05, 0) is 18.9 Å². The highest BCUT2D eigenvalue weighted by molar-refractivity contribution is 5.98. The fourth-order valence-corrected chi connectivity index (χ4v) is 2.38. The average Bonchev–Trinajstić information content (AvgIpc) is 2.68. The Labute approximate surface area is 107 Å². The van der Waals surface area contributed by atoms with E-state index in [1.165, 1.54) is 0 Å². The van der Waals surface area contributed by atoms with Gasteiger partial charge in [-0.3, -0.25) is 4.90 Å². The Balaban J connectivity index is 2.15. The summed E-state index contributed by atoms with van der Waals surface area (Å²) in [5.74, 6) is 0.122. The monoisotopic (exact) mass is 249 g/mol. The molecule has 0 saturated carbocycles. The van der Waals surface area contributed by atoms with Gasteiger partial charge >= 0.3 is 0 Å². The number of likely N-dealkylation sites (tertiary alicyclic amines) is 1. The molecule has 0 amide bonds. The smallest absolute Gasteiger partial charge is 0.170 e. The van der Waals surface area contributed by atoms with E-state index < -0.39 is 5.60 Å². The van der Waals surface area contributed by atoms with Gasteiger partial charge in [0.05, 0.1) is 5.60 Å². The Bertz CT molecular complexity index is 457. The van der Waals surface area contributed by atoms with Crippen molar-refractivity contribution < 1.29 is 10.3 Å². The second-order valence-corrected chi connectivity index (χ2v) is 5.10. The number of amidine groups is 1. The first-order chi connectivity index (χ1) is 8.52. The van der Waals surface area contributed by atoms with Gasteiger partial charge < -0.3 is 16.0 Å². The first-order valence-corrected chi connectivity index (χ1v) is 6.02. The third-order valence-electron chi connectivity index (χ3n) is 3.33. The molecule has 1 heterocycles. The molecular weight excluding hydrogens is 230 g/mol. The molecule has 0 aromatic heterocycles. The summed E-state index contributed by atoms with van der Waals surface area (Å²) < 4.78 is 0. The highest BCUT2D eigenvalue weighted by Gasteiger charge is 2.31. The normalized spacial score (nSPS) is 25.6. The zero-order valence-electron chi connectivity index (χ0n) is 10.5. The predicted molar refractivity (Wildman–Crippen MR) is 69.5 cm³/mol. The van der Waals surface area contributed by atoms with Crippen molar-refractivity contribution in [2.75, 3.05) is 13.1 Å². The number of nitrogens with two attached hydrogens (primary N) is 1. The molecule has 0 bridgehead atoms. The highest BCUT2D eigenvalue weighted by Crippen LogP contribution is 2.23. The lowest BCUT2D eigenvalue weighted by atomic mass is 10.1. The summed E-state index contributed by atoms with van der Waals surface area (Å²) in [6.07, 6.45) is 0.777. The Kier molecular flexibility index (Phi) is 3.54. The molecule has 2 rings (SSSR count). The van der Waals surface area contributed by atoms with Gasteiger partial charge in [-0.25, -0.2) is 0 Å². The van der Waals surface area contributed by atoms with E-state index in [1.807, 2.05) is 31.2 Å². The molecule has 0 spiro atoms. The van der Waals surface area contributed by atoms with Crippen LogP contribution < -0.4 is 5.73 Å². The van der Waals surface area contributed by atoms with Crippen molar-refractivity contribution in [1.29, 1.82) is 0 Å². The quantitative estimate of drug-likeness (QED) is 0.319. The van der Waals surface area contributed by atoms with Crippen molar-refractivity contribution in [1.82, 2.24) is 4.90 Å². The van der Waals surface area contributed by atoms with Gasteiger partial charge in [0.2, 0.25) is 0 Å². The van der Waals surface area contributed by atoms with Gasteiger partial charge in [0.25, 0.3) is 0 Å². The van der Waals surface area contributed by atoms with Crippen LogP contribution in [-0.2, 0) is 6.54 Å². The average molecular weight is 249 g/mol. The molecule has 98 valence electrons. The van der Waals surface area contributed by atoms with Crippen molar-refractivity contribution >= 4 is 5.84 Å². The number of hydrogen-bond acceptors (Lipinski definition) is 4. The van der Waals surface area contributed by atoms with Crippen molar-refractivity contribution in [3.05, 3.63) is 35.4 Å². The summed E-state index contributed by atoms with van der Waals surface area (Å²) in [7, 11) is 0. The van der Waals surface area contributed by atoms with E-state index in [0.29, 0.717) is 13.1 Å². The Morgan fingerprint density at radius 2 is 2.22 bits per heavy atom. The largest absolute Gasteiger partial charge is 0.409 e. The number of β-amino-alcohol motifs (C(OH)–C–C–N with tert-alkyl or cyclic N) is 1. The molecule has 1 aliphatic heterocycles. The summed E-state index contributed by atoms with van der Waals surface area (Å²) >= 11 is 0. The van der Waals surface area contributed by atoms with Crippen molar-refractivity contribution in [3.8, 4) is 0 Å². The van der Waals surface area contributed by atoms with Crippen molar-refractivity contribution in [2.24, 2.45) is 10.9 Å². The Morgan fingerprint density at radius 3 is 2.83 bits per heavy atom. The molecule has 0 radical (unpaired) electrons. The Hall–Kier alpha value is -1.59. The van der Waals surface area contributed by atoms with Gasteiger partial charge in [-0.15, -0.1) is 0 Å². The Morgan fingerprint density at radius 1 is 1.50 bits per heavy atom. The predicted octanol–water partition coefficient (Wildman–Crippen LogP) is 0.738. The van der Waals surface area contributed by atoms with Crippen LogP contribution in [0.3, 0.4) is 0 Å². The van der Waals surface area contributed by atoms with E-state index in [1.54, 1.807) is 0 Å². The van der Waals surface area contributed by atoms with Crippen LogP contribution in [0.5, 0.6) is 0 Å². The SMILES string of the molecule is CC1(O)CCN(Cc2ccccc2/C(N)=N/O)C1. The van der Waals surface area contributed by atoms with Gasteiger partial charge in [0.1, 0.15) is 0 Å². The van der Waals surface area contributed by atoms with E-state index in [9.17, 15) is 5.11 Å². The van der Waals surface area contributed by atoms with Gasteiger partial charge in [0.15, 0.2) is 5.84 Å². The third kappa shape index (κ3) is 2.80. The molecule has 1 saturated heterocycles. The maximum atomic E-state index is 9.94. The summed E-state index contributed by atoms with van der Waals surface area (Å²) in [5.41, 5.74) is 6.80. The third-order valence-corrected chi connectivity index (χ3v) is 3.33. The summed E-state index contributed by atoms with van der Waals surface area (Å²) in [5, 5.41) is 21.8. The molecular formula is C13H19N3O2. The molecule has 1 unspecified atom stereocenters. The van der Waals surface area contributed by atoms with Crippen LogP contribution in [0.25, 0.3) is 0 Å². The molecule has 0 aliphatic carbocycles. The van der Waals surface area contributed by atoms with Gasteiger partial charge in [-0.2, -0.15) is 0 Å². The van der Waals surface area contributed by atoms with Crippen LogP contribution in [-0.4, -0.2) is 39.7 Å². The van der Waals surface area contributed by atoms with Crippen LogP contribution in [0.4, 0.5) is 0 Å². The second kappa shape index (κ2) is 4.96. The van der Waals surface area contributed by atoms with E-state index in [0.717, 1.165) is 24.1 Å². The minimum absolute atomic E-state index is 0.122. The first-order valence-electron chi connectivity index (χ1n) is 6.02. The summed E-state index contributed by atoms with van der Waals surface area (Å²) in [6, 6.07) is 7.58. The van der Waals surface area contributed by atoms with Gasteiger partial charge in [0, 0.05) is 25.2 Å². The number of hydrogen-bond donors (Lipinski definition) is 3. The van der Waals surface area contributed by atoms with E-state index >= 15 is 0 Å². The molecule has 1 fully saturated rings.